The highest BCUT2D eigenvalue weighted by atomic mass is 35.5. The lowest BCUT2D eigenvalue weighted by molar-refractivity contribution is 0.0944. The van der Waals surface area contributed by atoms with E-state index in [9.17, 15) is 4.79 Å². The zero-order valence-corrected chi connectivity index (χ0v) is 12.6. The van der Waals surface area contributed by atoms with Gasteiger partial charge in [-0.1, -0.05) is 17.7 Å². The molecule has 1 aliphatic heterocycles. The SMILES string of the molecule is Cc1ccc(Cl)cc1C(=O)NCC1CCCNC1.Cl. The Morgan fingerprint density at radius 3 is 3.00 bits per heavy atom. The van der Waals surface area contributed by atoms with Gasteiger partial charge >= 0.3 is 0 Å². The molecule has 1 fully saturated rings. The fourth-order valence-electron chi connectivity index (χ4n) is 2.27. The standard InChI is InChI=1S/C14H19ClN2O.ClH/c1-10-4-5-12(15)7-13(10)14(18)17-9-11-3-2-6-16-8-11;/h4-5,7,11,16H,2-3,6,8-9H2,1H3,(H,17,18);1H. The van der Waals surface area contributed by atoms with Crippen LogP contribution < -0.4 is 10.6 Å². The largest absolute Gasteiger partial charge is 0.352 e. The Labute approximate surface area is 125 Å². The third-order valence-corrected chi connectivity index (χ3v) is 3.63. The van der Waals surface area contributed by atoms with Gasteiger partial charge in [0, 0.05) is 17.1 Å². The Bertz CT molecular complexity index is 431. The monoisotopic (exact) mass is 302 g/mol. The van der Waals surface area contributed by atoms with E-state index in [0.29, 0.717) is 16.5 Å². The number of amides is 1. The van der Waals surface area contributed by atoms with Crippen LogP contribution in [0.1, 0.15) is 28.8 Å². The van der Waals surface area contributed by atoms with E-state index in [4.69, 9.17) is 11.6 Å². The minimum Gasteiger partial charge on any atom is -0.352 e. The van der Waals surface area contributed by atoms with Crippen molar-refractivity contribution in [3.63, 3.8) is 0 Å². The topological polar surface area (TPSA) is 41.1 Å². The van der Waals surface area contributed by atoms with E-state index < -0.39 is 0 Å². The summed E-state index contributed by atoms with van der Waals surface area (Å²) in [6.45, 7) is 4.75. The van der Waals surface area contributed by atoms with Crippen LogP contribution in [0.3, 0.4) is 0 Å². The highest BCUT2D eigenvalue weighted by Crippen LogP contribution is 2.15. The molecular formula is C14H20Cl2N2O. The average Bonchev–Trinajstić information content (AvgIpc) is 2.40. The van der Waals surface area contributed by atoms with Gasteiger partial charge in [-0.3, -0.25) is 4.79 Å². The fraction of sp³-hybridized carbons (Fsp3) is 0.500. The molecule has 1 aromatic carbocycles. The van der Waals surface area contributed by atoms with E-state index in [0.717, 1.165) is 25.2 Å². The van der Waals surface area contributed by atoms with Gasteiger partial charge in [-0.05, 0) is 56.5 Å². The first-order valence-corrected chi connectivity index (χ1v) is 6.79. The summed E-state index contributed by atoms with van der Waals surface area (Å²) in [4.78, 5) is 12.1. The molecule has 0 bridgehead atoms. The van der Waals surface area contributed by atoms with Crippen molar-refractivity contribution in [3.8, 4) is 0 Å². The minimum atomic E-state index is -0.0272. The molecule has 19 heavy (non-hydrogen) atoms. The second kappa shape index (κ2) is 7.73. The first-order chi connectivity index (χ1) is 8.66. The number of piperidine rings is 1. The molecular weight excluding hydrogens is 283 g/mol. The van der Waals surface area contributed by atoms with Gasteiger partial charge in [-0.25, -0.2) is 0 Å². The lowest BCUT2D eigenvalue weighted by Crippen LogP contribution is -2.38. The van der Waals surface area contributed by atoms with E-state index in [1.54, 1.807) is 12.1 Å². The van der Waals surface area contributed by atoms with Crippen molar-refractivity contribution in [2.45, 2.75) is 19.8 Å². The molecule has 0 spiro atoms. The Kier molecular flexibility index (Phi) is 6.63. The molecule has 3 nitrogen and oxygen atoms in total. The number of carbonyl (C=O) groups is 1. The Hall–Kier alpha value is -0.770. The van der Waals surface area contributed by atoms with Gasteiger partial charge in [0.25, 0.3) is 5.91 Å². The molecule has 1 unspecified atom stereocenters. The van der Waals surface area contributed by atoms with Crippen LogP contribution >= 0.6 is 24.0 Å². The molecule has 1 aromatic rings. The average molecular weight is 303 g/mol. The van der Waals surface area contributed by atoms with E-state index >= 15 is 0 Å². The van der Waals surface area contributed by atoms with Crippen molar-refractivity contribution in [3.05, 3.63) is 34.3 Å². The van der Waals surface area contributed by atoms with Crippen LogP contribution in [-0.2, 0) is 0 Å². The maximum Gasteiger partial charge on any atom is 0.251 e. The van der Waals surface area contributed by atoms with Gasteiger partial charge in [0.05, 0.1) is 0 Å². The van der Waals surface area contributed by atoms with Gasteiger partial charge in [0.2, 0.25) is 0 Å². The third-order valence-electron chi connectivity index (χ3n) is 3.39. The molecule has 1 atom stereocenters. The summed E-state index contributed by atoms with van der Waals surface area (Å²) in [6, 6.07) is 5.41. The number of carbonyl (C=O) groups excluding carboxylic acids is 1. The van der Waals surface area contributed by atoms with Crippen LogP contribution in [0.15, 0.2) is 18.2 Å². The lowest BCUT2D eigenvalue weighted by Gasteiger charge is -2.23. The first kappa shape index (κ1) is 16.3. The Morgan fingerprint density at radius 2 is 2.32 bits per heavy atom. The van der Waals surface area contributed by atoms with Gasteiger partial charge in [0.15, 0.2) is 0 Å². The molecule has 0 saturated carbocycles. The van der Waals surface area contributed by atoms with Crippen LogP contribution in [-0.4, -0.2) is 25.5 Å². The van der Waals surface area contributed by atoms with E-state index in [1.165, 1.54) is 12.8 Å². The Morgan fingerprint density at radius 1 is 1.53 bits per heavy atom. The van der Waals surface area contributed by atoms with Gasteiger partial charge in [-0.2, -0.15) is 0 Å². The van der Waals surface area contributed by atoms with Crippen molar-refractivity contribution in [2.24, 2.45) is 5.92 Å². The summed E-state index contributed by atoms with van der Waals surface area (Å²) in [5, 5.41) is 6.95. The molecule has 1 amide bonds. The van der Waals surface area contributed by atoms with Crippen molar-refractivity contribution in [1.82, 2.24) is 10.6 Å². The maximum atomic E-state index is 12.1. The minimum absolute atomic E-state index is 0. The number of hydrogen-bond donors (Lipinski definition) is 2. The lowest BCUT2D eigenvalue weighted by atomic mass is 9.99. The first-order valence-electron chi connectivity index (χ1n) is 6.42. The third kappa shape index (κ3) is 4.68. The zero-order valence-electron chi connectivity index (χ0n) is 11.0. The fourth-order valence-corrected chi connectivity index (χ4v) is 2.44. The quantitative estimate of drug-likeness (QED) is 0.901. The molecule has 1 saturated heterocycles. The second-order valence-electron chi connectivity index (χ2n) is 4.88. The van der Waals surface area contributed by atoms with Gasteiger partial charge in [-0.15, -0.1) is 12.4 Å². The molecule has 2 rings (SSSR count). The molecule has 0 aliphatic carbocycles. The number of hydrogen-bond acceptors (Lipinski definition) is 2. The summed E-state index contributed by atoms with van der Waals surface area (Å²) in [7, 11) is 0. The molecule has 106 valence electrons. The van der Waals surface area contributed by atoms with E-state index in [-0.39, 0.29) is 18.3 Å². The summed E-state index contributed by atoms with van der Waals surface area (Å²) in [5.41, 5.74) is 1.63. The summed E-state index contributed by atoms with van der Waals surface area (Å²) >= 11 is 5.92. The maximum absolute atomic E-state index is 12.1. The predicted octanol–water partition coefficient (Wildman–Crippen LogP) is 2.80. The Balaban J connectivity index is 0.00000180. The second-order valence-corrected chi connectivity index (χ2v) is 5.32. The highest BCUT2D eigenvalue weighted by Gasteiger charge is 2.15. The van der Waals surface area contributed by atoms with Crippen molar-refractivity contribution in [1.29, 1.82) is 0 Å². The summed E-state index contributed by atoms with van der Waals surface area (Å²) in [6.07, 6.45) is 2.37. The van der Waals surface area contributed by atoms with E-state index in [2.05, 4.69) is 10.6 Å². The number of rotatable bonds is 3. The van der Waals surface area contributed by atoms with Crippen LogP contribution in [0, 0.1) is 12.8 Å². The number of halogens is 2. The van der Waals surface area contributed by atoms with Crippen molar-refractivity contribution in [2.75, 3.05) is 19.6 Å². The number of aryl methyl sites for hydroxylation is 1. The van der Waals surface area contributed by atoms with Crippen LogP contribution in [0.5, 0.6) is 0 Å². The molecule has 1 heterocycles. The summed E-state index contributed by atoms with van der Waals surface area (Å²) < 4.78 is 0. The molecule has 0 radical (unpaired) electrons. The van der Waals surface area contributed by atoms with Gasteiger partial charge in [0.1, 0.15) is 0 Å². The highest BCUT2D eigenvalue weighted by molar-refractivity contribution is 6.31. The van der Waals surface area contributed by atoms with Crippen molar-refractivity contribution < 1.29 is 4.79 Å². The number of benzene rings is 1. The normalized spacial score (nSPS) is 18.5. The molecule has 1 aliphatic rings. The van der Waals surface area contributed by atoms with Crippen LogP contribution in [0.4, 0.5) is 0 Å². The molecule has 2 N–H and O–H groups in total. The predicted molar refractivity (Wildman–Crippen MR) is 81.4 cm³/mol. The smallest absolute Gasteiger partial charge is 0.251 e. The number of nitrogens with one attached hydrogen (secondary N) is 2. The van der Waals surface area contributed by atoms with Crippen molar-refractivity contribution >= 4 is 29.9 Å². The summed E-state index contributed by atoms with van der Waals surface area (Å²) in [5.74, 6) is 0.516. The van der Waals surface area contributed by atoms with E-state index in [1.807, 2.05) is 13.0 Å². The molecule has 0 aromatic heterocycles. The van der Waals surface area contributed by atoms with Gasteiger partial charge < -0.3 is 10.6 Å². The zero-order chi connectivity index (χ0) is 13.0. The molecule has 5 heteroatoms. The van der Waals surface area contributed by atoms with Crippen LogP contribution in [0.2, 0.25) is 5.02 Å². The van der Waals surface area contributed by atoms with Crippen LogP contribution in [0.25, 0.3) is 0 Å².